The SMILES string of the molecule is O=C(c1ccccc1)[C@@H](/C=C/c1ccccc1)c1ccccc1. The average molecular weight is 298 g/mol. The highest BCUT2D eigenvalue weighted by Gasteiger charge is 2.18. The summed E-state index contributed by atoms with van der Waals surface area (Å²) < 4.78 is 0. The molecule has 0 aromatic heterocycles. The van der Waals surface area contributed by atoms with Crippen LogP contribution in [0.1, 0.15) is 27.4 Å². The molecule has 0 saturated carbocycles. The molecule has 0 heterocycles. The molecular formula is C22H18O. The molecule has 0 radical (unpaired) electrons. The Balaban J connectivity index is 1.95. The highest BCUT2D eigenvalue weighted by atomic mass is 16.1. The van der Waals surface area contributed by atoms with Crippen LogP contribution >= 0.6 is 0 Å². The van der Waals surface area contributed by atoms with Gasteiger partial charge >= 0.3 is 0 Å². The summed E-state index contributed by atoms with van der Waals surface area (Å²) in [7, 11) is 0. The predicted octanol–water partition coefficient (Wildman–Crippen LogP) is 5.37. The Morgan fingerprint density at radius 1 is 0.696 bits per heavy atom. The maximum atomic E-state index is 12.9. The molecule has 3 rings (SSSR count). The van der Waals surface area contributed by atoms with Crippen LogP contribution in [0.2, 0.25) is 0 Å². The van der Waals surface area contributed by atoms with Crippen molar-refractivity contribution in [1.82, 2.24) is 0 Å². The van der Waals surface area contributed by atoms with E-state index in [1.165, 1.54) is 0 Å². The second-order valence-corrected chi connectivity index (χ2v) is 5.39. The smallest absolute Gasteiger partial charge is 0.174 e. The Morgan fingerprint density at radius 2 is 1.22 bits per heavy atom. The quantitative estimate of drug-likeness (QED) is 0.579. The fourth-order valence-electron chi connectivity index (χ4n) is 2.56. The lowest BCUT2D eigenvalue weighted by atomic mass is 9.90. The lowest BCUT2D eigenvalue weighted by Gasteiger charge is -2.12. The fraction of sp³-hybridized carbons (Fsp3) is 0.0455. The van der Waals surface area contributed by atoms with Gasteiger partial charge in [0.1, 0.15) is 0 Å². The molecule has 1 nitrogen and oxygen atoms in total. The van der Waals surface area contributed by atoms with Crippen molar-refractivity contribution in [2.45, 2.75) is 5.92 Å². The number of allylic oxidation sites excluding steroid dienone is 1. The van der Waals surface area contributed by atoms with Crippen LogP contribution in [0.15, 0.2) is 97.1 Å². The Bertz CT molecular complexity index is 774. The zero-order chi connectivity index (χ0) is 15.9. The molecule has 0 bridgehead atoms. The molecule has 23 heavy (non-hydrogen) atoms. The summed E-state index contributed by atoms with van der Waals surface area (Å²) in [5, 5.41) is 0. The molecule has 0 N–H and O–H groups in total. The van der Waals surface area contributed by atoms with Crippen molar-refractivity contribution in [2.24, 2.45) is 0 Å². The molecule has 1 heteroatoms. The number of rotatable bonds is 5. The number of hydrogen-bond acceptors (Lipinski definition) is 1. The minimum absolute atomic E-state index is 0.115. The minimum atomic E-state index is -0.279. The van der Waals surface area contributed by atoms with Crippen molar-refractivity contribution in [3.05, 3.63) is 114 Å². The van der Waals surface area contributed by atoms with Gasteiger partial charge in [0.2, 0.25) is 0 Å². The largest absolute Gasteiger partial charge is 0.293 e. The van der Waals surface area contributed by atoms with Gasteiger partial charge in [-0.1, -0.05) is 103 Å². The normalized spacial score (nSPS) is 12.2. The van der Waals surface area contributed by atoms with E-state index in [4.69, 9.17) is 0 Å². The second-order valence-electron chi connectivity index (χ2n) is 5.39. The third-order valence-electron chi connectivity index (χ3n) is 3.78. The van der Waals surface area contributed by atoms with Gasteiger partial charge in [0.25, 0.3) is 0 Å². The second kappa shape index (κ2) is 7.37. The van der Waals surface area contributed by atoms with Gasteiger partial charge in [-0.2, -0.15) is 0 Å². The minimum Gasteiger partial charge on any atom is -0.293 e. The fourth-order valence-corrected chi connectivity index (χ4v) is 2.56. The Labute approximate surface area is 136 Å². The zero-order valence-electron chi connectivity index (χ0n) is 12.8. The van der Waals surface area contributed by atoms with E-state index >= 15 is 0 Å². The molecule has 1 atom stereocenters. The molecule has 0 aliphatic rings. The van der Waals surface area contributed by atoms with Crippen molar-refractivity contribution in [2.75, 3.05) is 0 Å². The first-order valence-electron chi connectivity index (χ1n) is 7.72. The number of carbonyl (C=O) groups excluding carboxylic acids is 1. The van der Waals surface area contributed by atoms with Crippen molar-refractivity contribution >= 4 is 11.9 Å². The van der Waals surface area contributed by atoms with E-state index in [0.29, 0.717) is 0 Å². The van der Waals surface area contributed by atoms with E-state index in [0.717, 1.165) is 16.7 Å². The van der Waals surface area contributed by atoms with Crippen LogP contribution in [0.5, 0.6) is 0 Å². The highest BCUT2D eigenvalue weighted by molar-refractivity contribution is 6.02. The maximum absolute atomic E-state index is 12.9. The number of carbonyl (C=O) groups is 1. The van der Waals surface area contributed by atoms with Crippen molar-refractivity contribution in [3.63, 3.8) is 0 Å². The van der Waals surface area contributed by atoms with Crippen LogP contribution < -0.4 is 0 Å². The van der Waals surface area contributed by atoms with E-state index < -0.39 is 0 Å². The van der Waals surface area contributed by atoms with E-state index in [1.54, 1.807) is 0 Å². The Kier molecular flexibility index (Phi) is 4.80. The summed E-state index contributed by atoms with van der Waals surface area (Å²) >= 11 is 0. The monoisotopic (exact) mass is 298 g/mol. The highest BCUT2D eigenvalue weighted by Crippen LogP contribution is 2.23. The third kappa shape index (κ3) is 3.83. The van der Waals surface area contributed by atoms with Crippen LogP contribution in [0.3, 0.4) is 0 Å². The molecule has 0 fully saturated rings. The van der Waals surface area contributed by atoms with Crippen molar-refractivity contribution in [1.29, 1.82) is 0 Å². The molecule has 0 unspecified atom stereocenters. The summed E-state index contributed by atoms with van der Waals surface area (Å²) in [6, 6.07) is 29.4. The van der Waals surface area contributed by atoms with E-state index in [9.17, 15) is 4.79 Å². The molecule has 0 spiro atoms. The summed E-state index contributed by atoms with van der Waals surface area (Å²) in [6.07, 6.45) is 4.00. The number of hydrogen-bond donors (Lipinski definition) is 0. The van der Waals surface area contributed by atoms with Crippen LogP contribution in [0.25, 0.3) is 6.08 Å². The number of Topliss-reactive ketones (excluding diaryl/α,β-unsaturated/α-hetero) is 1. The number of benzene rings is 3. The molecule has 0 saturated heterocycles. The topological polar surface area (TPSA) is 17.1 Å². The zero-order valence-corrected chi connectivity index (χ0v) is 12.8. The van der Waals surface area contributed by atoms with Crippen LogP contribution in [0, 0.1) is 0 Å². The molecule has 0 amide bonds. The summed E-state index contributed by atoms with van der Waals surface area (Å²) in [5.41, 5.74) is 2.84. The summed E-state index contributed by atoms with van der Waals surface area (Å²) in [6.45, 7) is 0. The van der Waals surface area contributed by atoms with Gasteiger partial charge in [-0.05, 0) is 11.1 Å². The molecule has 3 aromatic carbocycles. The summed E-state index contributed by atoms with van der Waals surface area (Å²) in [5.74, 6) is -0.164. The van der Waals surface area contributed by atoms with E-state index in [2.05, 4.69) is 0 Å². The third-order valence-corrected chi connectivity index (χ3v) is 3.78. The molecule has 3 aromatic rings. The van der Waals surface area contributed by atoms with Gasteiger partial charge in [0.05, 0.1) is 5.92 Å². The van der Waals surface area contributed by atoms with Gasteiger partial charge < -0.3 is 0 Å². The molecule has 0 aliphatic heterocycles. The van der Waals surface area contributed by atoms with Crippen LogP contribution in [0.4, 0.5) is 0 Å². The molecule has 0 aliphatic carbocycles. The van der Waals surface area contributed by atoms with Crippen LogP contribution in [-0.4, -0.2) is 5.78 Å². The van der Waals surface area contributed by atoms with Gasteiger partial charge in [-0.15, -0.1) is 0 Å². The summed E-state index contributed by atoms with van der Waals surface area (Å²) in [4.78, 5) is 12.9. The molecule has 112 valence electrons. The Morgan fingerprint density at radius 3 is 1.83 bits per heavy atom. The first-order chi connectivity index (χ1) is 11.3. The number of ketones is 1. The van der Waals surface area contributed by atoms with E-state index in [1.807, 2.05) is 103 Å². The molecular weight excluding hydrogens is 280 g/mol. The van der Waals surface area contributed by atoms with Crippen LogP contribution in [-0.2, 0) is 0 Å². The van der Waals surface area contributed by atoms with Crippen molar-refractivity contribution in [3.8, 4) is 0 Å². The Hall–Kier alpha value is -2.93. The average Bonchev–Trinajstić information content (AvgIpc) is 2.64. The predicted molar refractivity (Wildman–Crippen MR) is 95.4 cm³/mol. The van der Waals surface area contributed by atoms with Gasteiger partial charge in [0, 0.05) is 5.56 Å². The van der Waals surface area contributed by atoms with Gasteiger partial charge in [-0.3, -0.25) is 4.79 Å². The van der Waals surface area contributed by atoms with Crippen molar-refractivity contribution < 1.29 is 4.79 Å². The first-order valence-corrected chi connectivity index (χ1v) is 7.72. The standard InChI is InChI=1S/C22H18O/c23-22(20-14-8-3-9-15-20)21(19-12-6-2-7-13-19)17-16-18-10-4-1-5-11-18/h1-17,21H/b17-16+/t21-/m0/s1. The van der Waals surface area contributed by atoms with E-state index in [-0.39, 0.29) is 11.7 Å². The first kappa shape index (κ1) is 15.0. The van der Waals surface area contributed by atoms with Gasteiger partial charge in [0.15, 0.2) is 5.78 Å². The maximum Gasteiger partial charge on any atom is 0.174 e. The van der Waals surface area contributed by atoms with Gasteiger partial charge in [-0.25, -0.2) is 0 Å². The lowest BCUT2D eigenvalue weighted by molar-refractivity contribution is 0.0976. The lowest BCUT2D eigenvalue weighted by Crippen LogP contribution is -2.10.